The van der Waals surface area contributed by atoms with Crippen LogP contribution in [0.5, 0.6) is 17.2 Å². The first-order chi connectivity index (χ1) is 11.0. The summed E-state index contributed by atoms with van der Waals surface area (Å²) in [6.07, 6.45) is 0. The molecule has 0 bridgehead atoms. The summed E-state index contributed by atoms with van der Waals surface area (Å²) in [4.78, 5) is 11.9. The van der Waals surface area contributed by atoms with E-state index in [0.717, 1.165) is 0 Å². The van der Waals surface area contributed by atoms with Crippen LogP contribution in [0, 0.1) is 5.82 Å². The van der Waals surface area contributed by atoms with Crippen LogP contribution < -0.4 is 19.5 Å². The van der Waals surface area contributed by atoms with E-state index in [2.05, 4.69) is 5.32 Å². The SMILES string of the molecule is COc1cc(OC)cc(OCC(=O)Nc2ccc(F)c(Cl)c2)c1. The maximum absolute atomic E-state index is 13.1. The Kier molecular flexibility index (Phi) is 5.65. The molecule has 0 unspecified atom stereocenters. The molecule has 0 atom stereocenters. The largest absolute Gasteiger partial charge is 0.496 e. The third kappa shape index (κ3) is 4.75. The van der Waals surface area contributed by atoms with E-state index in [1.807, 2.05) is 0 Å². The van der Waals surface area contributed by atoms with Gasteiger partial charge >= 0.3 is 0 Å². The Balaban J connectivity index is 1.97. The van der Waals surface area contributed by atoms with Gasteiger partial charge < -0.3 is 19.5 Å². The number of methoxy groups -OCH3 is 2. The smallest absolute Gasteiger partial charge is 0.262 e. The summed E-state index contributed by atoms with van der Waals surface area (Å²) in [5.41, 5.74) is 0.383. The Morgan fingerprint density at radius 2 is 1.70 bits per heavy atom. The third-order valence-electron chi connectivity index (χ3n) is 2.90. The van der Waals surface area contributed by atoms with Gasteiger partial charge in [0.2, 0.25) is 0 Å². The molecule has 23 heavy (non-hydrogen) atoms. The maximum atomic E-state index is 13.1. The highest BCUT2D eigenvalue weighted by Gasteiger charge is 2.08. The first-order valence-corrected chi connectivity index (χ1v) is 7.00. The summed E-state index contributed by atoms with van der Waals surface area (Å²) in [5.74, 6) is 0.558. The van der Waals surface area contributed by atoms with Crippen molar-refractivity contribution >= 4 is 23.2 Å². The van der Waals surface area contributed by atoms with Gasteiger partial charge in [-0.25, -0.2) is 4.39 Å². The van der Waals surface area contributed by atoms with Crippen LogP contribution in [0.15, 0.2) is 36.4 Å². The fraction of sp³-hybridized carbons (Fsp3) is 0.188. The number of carbonyl (C=O) groups is 1. The molecule has 0 heterocycles. The standard InChI is InChI=1S/C16H15ClFNO4/c1-21-11-6-12(22-2)8-13(7-11)23-9-16(20)19-10-3-4-15(18)14(17)5-10/h3-8H,9H2,1-2H3,(H,19,20). The number of carbonyl (C=O) groups excluding carboxylic acids is 1. The number of benzene rings is 2. The van der Waals surface area contributed by atoms with Crippen molar-refractivity contribution in [2.24, 2.45) is 0 Å². The molecule has 0 radical (unpaired) electrons. The van der Waals surface area contributed by atoms with E-state index in [9.17, 15) is 9.18 Å². The summed E-state index contributed by atoms with van der Waals surface area (Å²) in [6, 6.07) is 8.85. The molecule has 5 nitrogen and oxygen atoms in total. The zero-order valence-electron chi connectivity index (χ0n) is 12.6. The van der Waals surface area contributed by atoms with Gasteiger partial charge in [0.15, 0.2) is 6.61 Å². The Labute approximate surface area is 137 Å². The topological polar surface area (TPSA) is 56.8 Å². The summed E-state index contributed by atoms with van der Waals surface area (Å²) < 4.78 is 28.7. The van der Waals surface area contributed by atoms with Gasteiger partial charge in [-0.1, -0.05) is 11.6 Å². The number of nitrogens with one attached hydrogen (secondary N) is 1. The van der Waals surface area contributed by atoms with Crippen LogP contribution in [0.4, 0.5) is 10.1 Å². The molecule has 0 fully saturated rings. The summed E-state index contributed by atoms with van der Waals surface area (Å²) >= 11 is 5.65. The Morgan fingerprint density at radius 3 is 2.26 bits per heavy atom. The minimum atomic E-state index is -0.551. The van der Waals surface area contributed by atoms with E-state index in [4.69, 9.17) is 25.8 Å². The Bertz CT molecular complexity index is 686. The van der Waals surface area contributed by atoms with Crippen molar-refractivity contribution in [2.45, 2.75) is 0 Å². The normalized spacial score (nSPS) is 10.1. The van der Waals surface area contributed by atoms with Crippen molar-refractivity contribution in [1.82, 2.24) is 0 Å². The Hall–Kier alpha value is -2.47. The molecule has 0 saturated heterocycles. The quantitative estimate of drug-likeness (QED) is 0.875. The zero-order chi connectivity index (χ0) is 16.8. The maximum Gasteiger partial charge on any atom is 0.262 e. The number of rotatable bonds is 6. The highest BCUT2D eigenvalue weighted by molar-refractivity contribution is 6.31. The second-order valence-corrected chi connectivity index (χ2v) is 4.92. The molecule has 1 amide bonds. The lowest BCUT2D eigenvalue weighted by Gasteiger charge is -2.10. The number of anilines is 1. The van der Waals surface area contributed by atoms with Crippen LogP contribution in [0.3, 0.4) is 0 Å². The number of ether oxygens (including phenoxy) is 3. The molecule has 0 aromatic heterocycles. The van der Waals surface area contributed by atoms with E-state index in [1.165, 1.54) is 32.4 Å². The number of amides is 1. The lowest BCUT2D eigenvalue weighted by atomic mass is 10.3. The average Bonchev–Trinajstić information content (AvgIpc) is 2.56. The predicted octanol–water partition coefficient (Wildman–Crippen LogP) is 3.51. The van der Waals surface area contributed by atoms with Gasteiger partial charge in [0.25, 0.3) is 5.91 Å². The first kappa shape index (κ1) is 16.9. The van der Waals surface area contributed by atoms with Gasteiger partial charge in [-0.15, -0.1) is 0 Å². The van der Waals surface area contributed by atoms with Crippen LogP contribution >= 0.6 is 11.6 Å². The Morgan fingerprint density at radius 1 is 1.09 bits per heavy atom. The molecule has 0 aliphatic rings. The van der Waals surface area contributed by atoms with Crippen molar-refractivity contribution in [3.8, 4) is 17.2 Å². The van der Waals surface area contributed by atoms with Crippen molar-refractivity contribution in [3.63, 3.8) is 0 Å². The monoisotopic (exact) mass is 339 g/mol. The third-order valence-corrected chi connectivity index (χ3v) is 3.19. The van der Waals surface area contributed by atoms with E-state index in [0.29, 0.717) is 22.9 Å². The van der Waals surface area contributed by atoms with E-state index < -0.39 is 11.7 Å². The first-order valence-electron chi connectivity index (χ1n) is 6.62. The molecule has 122 valence electrons. The molecule has 2 rings (SSSR count). The molecule has 0 spiro atoms. The molecule has 2 aromatic carbocycles. The van der Waals surface area contributed by atoms with Gasteiger partial charge in [-0.2, -0.15) is 0 Å². The number of hydrogen-bond donors (Lipinski definition) is 1. The predicted molar refractivity (Wildman–Crippen MR) is 85.1 cm³/mol. The van der Waals surface area contributed by atoms with Gasteiger partial charge in [0, 0.05) is 23.9 Å². The van der Waals surface area contributed by atoms with Crippen molar-refractivity contribution in [1.29, 1.82) is 0 Å². The minimum Gasteiger partial charge on any atom is -0.496 e. The highest BCUT2D eigenvalue weighted by Crippen LogP contribution is 2.27. The molecular formula is C16H15ClFNO4. The van der Waals surface area contributed by atoms with Gasteiger partial charge in [0.05, 0.1) is 19.2 Å². The minimum absolute atomic E-state index is 0.0683. The van der Waals surface area contributed by atoms with E-state index in [1.54, 1.807) is 18.2 Å². The zero-order valence-corrected chi connectivity index (χ0v) is 13.3. The molecule has 2 aromatic rings. The van der Waals surface area contributed by atoms with Crippen molar-refractivity contribution in [2.75, 3.05) is 26.1 Å². The highest BCUT2D eigenvalue weighted by atomic mass is 35.5. The molecule has 0 aliphatic carbocycles. The molecular weight excluding hydrogens is 325 g/mol. The van der Waals surface area contributed by atoms with Gasteiger partial charge in [0.1, 0.15) is 23.1 Å². The fourth-order valence-corrected chi connectivity index (χ4v) is 1.97. The fourth-order valence-electron chi connectivity index (χ4n) is 1.78. The van der Waals surface area contributed by atoms with Crippen LogP contribution in [0.1, 0.15) is 0 Å². The molecule has 0 saturated carbocycles. The lowest BCUT2D eigenvalue weighted by molar-refractivity contribution is -0.118. The molecule has 1 N–H and O–H groups in total. The van der Waals surface area contributed by atoms with Gasteiger partial charge in [-0.05, 0) is 18.2 Å². The number of hydrogen-bond acceptors (Lipinski definition) is 4. The van der Waals surface area contributed by atoms with Crippen LogP contribution in [-0.4, -0.2) is 26.7 Å². The second-order valence-electron chi connectivity index (χ2n) is 4.51. The van der Waals surface area contributed by atoms with Crippen LogP contribution in [0.25, 0.3) is 0 Å². The van der Waals surface area contributed by atoms with E-state index >= 15 is 0 Å². The van der Waals surface area contributed by atoms with Crippen LogP contribution in [0.2, 0.25) is 5.02 Å². The summed E-state index contributed by atoms with van der Waals surface area (Å²) in [5, 5.41) is 2.49. The van der Waals surface area contributed by atoms with Gasteiger partial charge in [-0.3, -0.25) is 4.79 Å². The van der Waals surface area contributed by atoms with Crippen molar-refractivity contribution in [3.05, 3.63) is 47.2 Å². The second kappa shape index (κ2) is 7.69. The lowest BCUT2D eigenvalue weighted by Crippen LogP contribution is -2.20. The average molecular weight is 340 g/mol. The van der Waals surface area contributed by atoms with Crippen molar-refractivity contribution < 1.29 is 23.4 Å². The molecule has 0 aliphatic heterocycles. The summed E-state index contributed by atoms with van der Waals surface area (Å²) in [6.45, 7) is -0.231. The molecule has 7 heteroatoms. The van der Waals surface area contributed by atoms with Crippen LogP contribution in [-0.2, 0) is 4.79 Å². The summed E-state index contributed by atoms with van der Waals surface area (Å²) in [7, 11) is 3.03. The number of halogens is 2. The van der Waals surface area contributed by atoms with E-state index in [-0.39, 0.29) is 11.6 Å².